The minimum atomic E-state index is 0.751. The normalized spacial score (nSPS) is 16.6. The lowest BCUT2D eigenvalue weighted by molar-refractivity contribution is 0.555. The molecule has 0 fully saturated rings. The SMILES string of the molecule is CCC(C)CC1=CC(c2cccc(C)n2)=NC1. The highest BCUT2D eigenvalue weighted by Gasteiger charge is 2.13. The molecule has 2 heterocycles. The molecule has 1 aromatic rings. The van der Waals surface area contributed by atoms with Gasteiger partial charge in [-0.3, -0.25) is 9.98 Å². The Balaban J connectivity index is 2.10. The van der Waals surface area contributed by atoms with Gasteiger partial charge in [-0.25, -0.2) is 0 Å². The highest BCUT2D eigenvalue weighted by atomic mass is 14.8. The maximum atomic E-state index is 4.58. The van der Waals surface area contributed by atoms with Crippen LogP contribution in [-0.4, -0.2) is 17.2 Å². The molecule has 0 bridgehead atoms. The van der Waals surface area contributed by atoms with Gasteiger partial charge in [0.1, 0.15) is 0 Å². The van der Waals surface area contributed by atoms with Gasteiger partial charge < -0.3 is 0 Å². The van der Waals surface area contributed by atoms with Crippen molar-refractivity contribution in [2.24, 2.45) is 10.9 Å². The van der Waals surface area contributed by atoms with Gasteiger partial charge in [-0.1, -0.05) is 26.3 Å². The summed E-state index contributed by atoms with van der Waals surface area (Å²) >= 11 is 0. The number of hydrogen-bond donors (Lipinski definition) is 0. The first-order chi connectivity index (χ1) is 8.19. The monoisotopic (exact) mass is 228 g/mol. The predicted octanol–water partition coefficient (Wildman–Crippen LogP) is 3.56. The summed E-state index contributed by atoms with van der Waals surface area (Å²) in [5.41, 5.74) is 4.54. The van der Waals surface area contributed by atoms with Crippen LogP contribution in [0.4, 0.5) is 0 Å². The Hall–Kier alpha value is -1.44. The second-order valence-corrected chi connectivity index (χ2v) is 4.89. The topological polar surface area (TPSA) is 25.2 Å². The summed E-state index contributed by atoms with van der Waals surface area (Å²) in [6, 6.07) is 6.10. The third-order valence-electron chi connectivity index (χ3n) is 3.25. The molecule has 1 unspecified atom stereocenters. The molecular weight excluding hydrogens is 208 g/mol. The van der Waals surface area contributed by atoms with Crippen LogP contribution in [0.3, 0.4) is 0 Å². The summed E-state index contributed by atoms with van der Waals surface area (Å²) in [6.07, 6.45) is 4.61. The molecule has 2 rings (SSSR count). The Kier molecular flexibility index (Phi) is 3.72. The van der Waals surface area contributed by atoms with Crippen LogP contribution in [0.1, 0.15) is 38.1 Å². The molecule has 0 radical (unpaired) electrons. The van der Waals surface area contributed by atoms with E-state index in [1.165, 1.54) is 12.0 Å². The zero-order valence-corrected chi connectivity index (χ0v) is 10.9. The van der Waals surface area contributed by atoms with E-state index in [1.54, 1.807) is 0 Å². The molecule has 1 aliphatic rings. The van der Waals surface area contributed by atoms with Crippen molar-refractivity contribution in [3.05, 3.63) is 41.2 Å². The summed E-state index contributed by atoms with van der Waals surface area (Å²) in [4.78, 5) is 9.09. The van der Waals surface area contributed by atoms with E-state index >= 15 is 0 Å². The number of hydrogen-bond acceptors (Lipinski definition) is 2. The van der Waals surface area contributed by atoms with E-state index in [1.807, 2.05) is 25.1 Å². The molecule has 0 spiro atoms. The highest BCUT2D eigenvalue weighted by Crippen LogP contribution is 2.19. The third kappa shape index (κ3) is 3.02. The standard InChI is InChI=1S/C15H20N2/c1-4-11(2)8-13-9-15(16-10-13)14-7-5-6-12(3)17-14/h5-7,9,11H,4,8,10H2,1-3H3. The quantitative estimate of drug-likeness (QED) is 0.773. The van der Waals surface area contributed by atoms with Crippen LogP contribution in [0.5, 0.6) is 0 Å². The molecule has 0 amide bonds. The van der Waals surface area contributed by atoms with Gasteiger partial charge in [-0.15, -0.1) is 0 Å². The van der Waals surface area contributed by atoms with Crippen LogP contribution in [0.25, 0.3) is 0 Å². The largest absolute Gasteiger partial charge is 0.279 e. The second kappa shape index (κ2) is 5.26. The molecule has 2 heteroatoms. The molecule has 2 nitrogen and oxygen atoms in total. The fourth-order valence-electron chi connectivity index (χ4n) is 2.03. The molecular formula is C15H20N2. The first kappa shape index (κ1) is 12.0. The number of aliphatic imine (C=N–C) groups is 1. The van der Waals surface area contributed by atoms with Crippen LogP contribution >= 0.6 is 0 Å². The van der Waals surface area contributed by atoms with Crippen molar-refractivity contribution in [3.8, 4) is 0 Å². The third-order valence-corrected chi connectivity index (χ3v) is 3.25. The van der Waals surface area contributed by atoms with E-state index in [0.717, 1.165) is 36.0 Å². The van der Waals surface area contributed by atoms with E-state index in [-0.39, 0.29) is 0 Å². The summed E-state index contributed by atoms with van der Waals surface area (Å²) < 4.78 is 0. The van der Waals surface area contributed by atoms with Gasteiger partial charge in [0.2, 0.25) is 0 Å². The van der Waals surface area contributed by atoms with Crippen LogP contribution in [-0.2, 0) is 0 Å². The van der Waals surface area contributed by atoms with Gasteiger partial charge in [0, 0.05) is 5.69 Å². The Morgan fingerprint density at radius 1 is 1.35 bits per heavy atom. The summed E-state index contributed by atoms with van der Waals surface area (Å²) in [5, 5.41) is 0. The van der Waals surface area contributed by atoms with Crippen molar-refractivity contribution in [1.29, 1.82) is 0 Å². The Labute approximate surface area is 104 Å². The lowest BCUT2D eigenvalue weighted by Crippen LogP contribution is -1.99. The fourth-order valence-corrected chi connectivity index (χ4v) is 2.03. The van der Waals surface area contributed by atoms with Crippen molar-refractivity contribution in [2.45, 2.75) is 33.6 Å². The minimum Gasteiger partial charge on any atom is -0.279 e. The average molecular weight is 228 g/mol. The van der Waals surface area contributed by atoms with E-state index < -0.39 is 0 Å². The van der Waals surface area contributed by atoms with Crippen molar-refractivity contribution in [3.63, 3.8) is 0 Å². The van der Waals surface area contributed by atoms with Crippen LogP contribution < -0.4 is 0 Å². The number of allylic oxidation sites excluding steroid dienone is 1. The molecule has 0 aromatic carbocycles. The van der Waals surface area contributed by atoms with Crippen LogP contribution in [0, 0.1) is 12.8 Å². The van der Waals surface area contributed by atoms with Crippen molar-refractivity contribution in [1.82, 2.24) is 4.98 Å². The van der Waals surface area contributed by atoms with E-state index in [4.69, 9.17) is 0 Å². The van der Waals surface area contributed by atoms with Gasteiger partial charge in [-0.2, -0.15) is 0 Å². The molecule has 1 aromatic heterocycles. The number of aryl methyl sites for hydroxylation is 1. The zero-order valence-electron chi connectivity index (χ0n) is 10.9. The number of pyridine rings is 1. The summed E-state index contributed by atoms with van der Waals surface area (Å²) in [5.74, 6) is 0.751. The molecule has 0 saturated heterocycles. The van der Waals surface area contributed by atoms with Gasteiger partial charge in [-0.05, 0) is 43.0 Å². The van der Waals surface area contributed by atoms with E-state index in [9.17, 15) is 0 Å². The van der Waals surface area contributed by atoms with Crippen molar-refractivity contribution < 1.29 is 0 Å². The lowest BCUT2D eigenvalue weighted by Gasteiger charge is -2.07. The van der Waals surface area contributed by atoms with E-state index in [2.05, 4.69) is 29.9 Å². The van der Waals surface area contributed by atoms with Gasteiger partial charge in [0.05, 0.1) is 18.0 Å². The lowest BCUT2D eigenvalue weighted by atomic mass is 9.99. The Morgan fingerprint density at radius 2 is 2.18 bits per heavy atom. The second-order valence-electron chi connectivity index (χ2n) is 4.89. The molecule has 17 heavy (non-hydrogen) atoms. The van der Waals surface area contributed by atoms with Crippen LogP contribution in [0.2, 0.25) is 0 Å². The predicted molar refractivity (Wildman–Crippen MR) is 72.5 cm³/mol. The number of aromatic nitrogens is 1. The fraction of sp³-hybridized carbons (Fsp3) is 0.467. The number of rotatable bonds is 4. The van der Waals surface area contributed by atoms with Crippen molar-refractivity contribution in [2.75, 3.05) is 6.54 Å². The molecule has 1 atom stereocenters. The maximum Gasteiger partial charge on any atom is 0.0884 e. The molecule has 90 valence electrons. The molecule has 0 aliphatic carbocycles. The average Bonchev–Trinajstić information content (AvgIpc) is 2.77. The first-order valence-electron chi connectivity index (χ1n) is 6.37. The highest BCUT2D eigenvalue weighted by molar-refractivity contribution is 6.09. The van der Waals surface area contributed by atoms with E-state index in [0.29, 0.717) is 0 Å². The molecule has 1 aliphatic heterocycles. The van der Waals surface area contributed by atoms with Crippen LogP contribution in [0.15, 0.2) is 34.8 Å². The maximum absolute atomic E-state index is 4.58. The number of nitrogens with zero attached hydrogens (tertiary/aromatic N) is 2. The molecule has 0 N–H and O–H groups in total. The summed E-state index contributed by atoms with van der Waals surface area (Å²) in [7, 11) is 0. The molecule has 0 saturated carbocycles. The van der Waals surface area contributed by atoms with Gasteiger partial charge in [0.25, 0.3) is 0 Å². The van der Waals surface area contributed by atoms with Gasteiger partial charge in [0.15, 0.2) is 0 Å². The van der Waals surface area contributed by atoms with Gasteiger partial charge >= 0.3 is 0 Å². The Bertz CT molecular complexity index is 458. The zero-order chi connectivity index (χ0) is 12.3. The smallest absolute Gasteiger partial charge is 0.0884 e. The summed E-state index contributed by atoms with van der Waals surface area (Å²) in [6.45, 7) is 7.41. The van der Waals surface area contributed by atoms with Crippen molar-refractivity contribution >= 4 is 5.71 Å². The first-order valence-corrected chi connectivity index (χ1v) is 6.37. The minimum absolute atomic E-state index is 0.751. The Morgan fingerprint density at radius 3 is 2.88 bits per heavy atom.